The van der Waals surface area contributed by atoms with E-state index in [1.54, 1.807) is 0 Å². The predicted octanol–water partition coefficient (Wildman–Crippen LogP) is 3.94. The molecule has 0 spiro atoms. The number of rotatable bonds is 4. The largest absolute Gasteiger partial charge is 0.102 e. The maximum Gasteiger partial charge on any atom is 0.0230 e. The lowest BCUT2D eigenvalue weighted by Crippen LogP contribution is -1.95. The maximum absolute atomic E-state index is 3.81. The van der Waals surface area contributed by atoms with E-state index in [0.717, 1.165) is 12.8 Å². The van der Waals surface area contributed by atoms with Crippen LogP contribution in [0.15, 0.2) is 30.9 Å². The Hall–Kier alpha value is -1.04. The smallest absolute Gasteiger partial charge is 0.0230 e. The predicted molar refractivity (Wildman–Crippen MR) is 63.4 cm³/mol. The van der Waals surface area contributed by atoms with Gasteiger partial charge in [0.25, 0.3) is 0 Å². The zero-order valence-electron chi connectivity index (χ0n) is 9.43. The minimum atomic E-state index is 1.10. The molecular formula is C14H19. The van der Waals surface area contributed by atoms with Crippen molar-refractivity contribution in [1.29, 1.82) is 0 Å². The minimum absolute atomic E-state index is 1.10. The second kappa shape index (κ2) is 4.99. The van der Waals surface area contributed by atoms with E-state index in [1.807, 2.05) is 6.08 Å². The van der Waals surface area contributed by atoms with Gasteiger partial charge in [0.2, 0.25) is 0 Å². The quantitative estimate of drug-likeness (QED) is 0.669. The fraction of sp³-hybridized carbons (Fsp3) is 0.357. The summed E-state index contributed by atoms with van der Waals surface area (Å²) in [5, 5.41) is 0. The highest BCUT2D eigenvalue weighted by Crippen LogP contribution is 2.19. The molecule has 1 aromatic carbocycles. The van der Waals surface area contributed by atoms with E-state index in [2.05, 4.69) is 45.5 Å². The van der Waals surface area contributed by atoms with Crippen LogP contribution < -0.4 is 0 Å². The van der Waals surface area contributed by atoms with Crippen molar-refractivity contribution in [2.75, 3.05) is 0 Å². The van der Waals surface area contributed by atoms with E-state index in [9.17, 15) is 0 Å². The Morgan fingerprint density at radius 2 is 1.64 bits per heavy atom. The van der Waals surface area contributed by atoms with E-state index >= 15 is 0 Å². The molecule has 0 aliphatic rings. The average molecular weight is 187 g/mol. The summed E-state index contributed by atoms with van der Waals surface area (Å²) < 4.78 is 0. The Morgan fingerprint density at radius 1 is 1.14 bits per heavy atom. The van der Waals surface area contributed by atoms with Gasteiger partial charge in [-0.15, -0.1) is 6.58 Å². The van der Waals surface area contributed by atoms with Crippen LogP contribution in [0.1, 0.15) is 37.5 Å². The normalized spacial score (nSPS) is 10.6. The van der Waals surface area contributed by atoms with Gasteiger partial charge in [-0.3, -0.25) is 0 Å². The highest BCUT2D eigenvalue weighted by atomic mass is 14.1. The van der Waals surface area contributed by atoms with E-state index in [-0.39, 0.29) is 0 Å². The topological polar surface area (TPSA) is 0 Å². The Labute approximate surface area is 87.7 Å². The summed E-state index contributed by atoms with van der Waals surface area (Å²) in [6.45, 7) is 10.3. The van der Waals surface area contributed by atoms with Gasteiger partial charge in [-0.05, 0) is 29.5 Å². The molecule has 1 radical (unpaired) electrons. The first-order valence-corrected chi connectivity index (χ1v) is 5.30. The Kier molecular flexibility index (Phi) is 3.94. The molecule has 0 nitrogen and oxygen atoms in total. The molecule has 0 aliphatic heterocycles. The van der Waals surface area contributed by atoms with Gasteiger partial charge in [0.05, 0.1) is 0 Å². The molecule has 0 fully saturated rings. The maximum atomic E-state index is 3.81. The minimum Gasteiger partial charge on any atom is -0.102 e. The number of hydrogen-bond donors (Lipinski definition) is 0. The Balaban J connectivity index is 3.09. The van der Waals surface area contributed by atoms with Gasteiger partial charge in [0.1, 0.15) is 0 Å². The average Bonchev–Trinajstić information content (AvgIpc) is 2.27. The summed E-state index contributed by atoms with van der Waals surface area (Å²) in [6, 6.07) is 6.81. The first kappa shape index (κ1) is 11.0. The molecule has 0 aromatic heterocycles. The molecule has 0 aliphatic carbocycles. The molecule has 0 saturated heterocycles. The number of allylic oxidation sites excluding steroid dienone is 1. The van der Waals surface area contributed by atoms with Crippen LogP contribution in [-0.4, -0.2) is 0 Å². The zero-order valence-corrected chi connectivity index (χ0v) is 9.43. The summed E-state index contributed by atoms with van der Waals surface area (Å²) in [5.74, 6) is 1.26. The van der Waals surface area contributed by atoms with Crippen LogP contribution in [0.2, 0.25) is 0 Å². The molecule has 1 aromatic rings. The summed E-state index contributed by atoms with van der Waals surface area (Å²) in [4.78, 5) is 0. The van der Waals surface area contributed by atoms with Gasteiger partial charge in [0.15, 0.2) is 0 Å². The summed E-state index contributed by atoms with van der Waals surface area (Å²) >= 11 is 0. The van der Waals surface area contributed by atoms with Gasteiger partial charge < -0.3 is 0 Å². The van der Waals surface area contributed by atoms with Crippen molar-refractivity contribution in [3.63, 3.8) is 0 Å². The third kappa shape index (κ3) is 2.47. The lowest BCUT2D eigenvalue weighted by atomic mass is 9.95. The number of aryl methyl sites for hydroxylation is 2. The van der Waals surface area contributed by atoms with Gasteiger partial charge in [-0.2, -0.15) is 0 Å². The molecule has 0 amide bonds. The fourth-order valence-corrected chi connectivity index (χ4v) is 1.52. The molecule has 0 unspecified atom stereocenters. The van der Waals surface area contributed by atoms with Crippen molar-refractivity contribution in [3.05, 3.63) is 53.5 Å². The van der Waals surface area contributed by atoms with Crippen LogP contribution in [0, 0.1) is 5.92 Å². The molecule has 1 rings (SSSR count). The molecule has 14 heavy (non-hydrogen) atoms. The lowest BCUT2D eigenvalue weighted by molar-refractivity contribution is 1.07. The third-order valence-electron chi connectivity index (χ3n) is 2.63. The number of benzene rings is 1. The molecule has 75 valence electrons. The van der Waals surface area contributed by atoms with E-state index in [4.69, 9.17) is 0 Å². The van der Waals surface area contributed by atoms with Crippen LogP contribution in [0.25, 0.3) is 0 Å². The molecule has 0 saturated carbocycles. The Bertz CT molecular complexity index is 288. The van der Waals surface area contributed by atoms with Crippen LogP contribution in [0.3, 0.4) is 0 Å². The SMILES string of the molecule is C=C[C](C)c1cc(CC)cc(CC)c1. The van der Waals surface area contributed by atoms with Crippen LogP contribution in [-0.2, 0) is 12.8 Å². The Morgan fingerprint density at radius 3 is 2.00 bits per heavy atom. The highest BCUT2D eigenvalue weighted by molar-refractivity contribution is 5.41. The van der Waals surface area contributed by atoms with Crippen molar-refractivity contribution < 1.29 is 0 Å². The fourth-order valence-electron chi connectivity index (χ4n) is 1.52. The van der Waals surface area contributed by atoms with Crippen molar-refractivity contribution in [1.82, 2.24) is 0 Å². The molecule has 0 bridgehead atoms. The first-order valence-electron chi connectivity index (χ1n) is 5.30. The van der Waals surface area contributed by atoms with Crippen molar-refractivity contribution in [3.8, 4) is 0 Å². The molecule has 0 heteroatoms. The molecule has 0 heterocycles. The molecule has 0 atom stereocenters. The van der Waals surface area contributed by atoms with Crippen molar-refractivity contribution in [2.24, 2.45) is 0 Å². The van der Waals surface area contributed by atoms with Crippen LogP contribution in [0.5, 0.6) is 0 Å². The molecular weight excluding hydrogens is 168 g/mol. The third-order valence-corrected chi connectivity index (χ3v) is 2.63. The van der Waals surface area contributed by atoms with E-state index in [1.165, 1.54) is 22.6 Å². The summed E-state index contributed by atoms with van der Waals surface area (Å²) in [7, 11) is 0. The first-order chi connectivity index (χ1) is 6.71. The van der Waals surface area contributed by atoms with E-state index in [0.29, 0.717) is 0 Å². The van der Waals surface area contributed by atoms with Crippen molar-refractivity contribution >= 4 is 0 Å². The van der Waals surface area contributed by atoms with Gasteiger partial charge in [0, 0.05) is 5.92 Å². The monoisotopic (exact) mass is 187 g/mol. The van der Waals surface area contributed by atoms with E-state index < -0.39 is 0 Å². The van der Waals surface area contributed by atoms with Gasteiger partial charge in [-0.1, -0.05) is 45.0 Å². The van der Waals surface area contributed by atoms with Crippen LogP contribution in [0.4, 0.5) is 0 Å². The van der Waals surface area contributed by atoms with Crippen LogP contribution >= 0.6 is 0 Å². The van der Waals surface area contributed by atoms with Gasteiger partial charge >= 0.3 is 0 Å². The standard InChI is InChI=1S/C14H19/c1-5-11(4)14-9-12(6-2)8-13(7-3)10-14/h5,8-10H,1,6-7H2,2-4H3. The zero-order chi connectivity index (χ0) is 10.6. The number of hydrogen-bond acceptors (Lipinski definition) is 0. The van der Waals surface area contributed by atoms with Crippen molar-refractivity contribution in [2.45, 2.75) is 33.6 Å². The van der Waals surface area contributed by atoms with Gasteiger partial charge in [-0.25, -0.2) is 0 Å². The summed E-state index contributed by atoms with van der Waals surface area (Å²) in [5.41, 5.74) is 4.15. The lowest BCUT2D eigenvalue weighted by Gasteiger charge is -2.10. The second-order valence-corrected chi connectivity index (χ2v) is 3.63. The molecule has 0 N–H and O–H groups in total. The highest BCUT2D eigenvalue weighted by Gasteiger charge is 2.04. The summed E-state index contributed by atoms with van der Waals surface area (Å²) in [6.07, 6.45) is 4.13. The second-order valence-electron chi connectivity index (χ2n) is 3.63.